The zero-order chi connectivity index (χ0) is 32.4. The lowest BCUT2D eigenvalue weighted by atomic mass is 9.73. The minimum absolute atomic E-state index is 0.0173. The van der Waals surface area contributed by atoms with Gasteiger partial charge in [0.2, 0.25) is 11.8 Å². The molecule has 3 aromatic rings. The van der Waals surface area contributed by atoms with Gasteiger partial charge in [0.15, 0.2) is 11.5 Å². The third kappa shape index (κ3) is 7.60. The van der Waals surface area contributed by atoms with E-state index in [0.717, 1.165) is 37.9 Å². The first kappa shape index (κ1) is 33.1. The van der Waals surface area contributed by atoms with Crippen molar-refractivity contribution in [2.75, 3.05) is 32.2 Å². The molecule has 1 aliphatic carbocycles. The first-order chi connectivity index (χ1) is 21.3. The average Bonchev–Trinajstić information content (AvgIpc) is 3.30. The van der Waals surface area contributed by atoms with Gasteiger partial charge < -0.3 is 23.7 Å². The van der Waals surface area contributed by atoms with Crippen molar-refractivity contribution in [3.63, 3.8) is 0 Å². The Morgan fingerprint density at radius 2 is 1.78 bits per heavy atom. The van der Waals surface area contributed by atoms with E-state index in [9.17, 15) is 4.55 Å². The number of piperidine rings is 1. The van der Waals surface area contributed by atoms with Gasteiger partial charge >= 0.3 is 0 Å². The monoisotopic (exact) mass is 646 g/mol. The van der Waals surface area contributed by atoms with E-state index >= 15 is 0 Å². The lowest BCUT2D eigenvalue weighted by Gasteiger charge is -2.43. The first-order valence-corrected chi connectivity index (χ1v) is 20.2. The standard InChI is InChI=1S/C35H46N4O4SSi/c1-34(2,3)44(40)38-31-28-12-10-9-11-26(28)22-35(31)16-18-39(19-17-35)33-36-23-27(15-20-45(6,7)8)32(37-33)43-24-25-13-14-29(41-4)30(21-25)42-5/h9-14,21,23,31,38H,16-19,22,24H2,1-8H3/t31-,44?/m1/s1. The fourth-order valence-corrected chi connectivity index (χ4v) is 7.41. The second-order valence-electron chi connectivity index (χ2n) is 14.0. The number of aromatic nitrogens is 2. The number of rotatable bonds is 8. The number of hydrogen-bond acceptors (Lipinski definition) is 8. The molecular formula is C35H46N4O4SSi. The average molecular weight is 647 g/mol. The number of methoxy groups -OCH3 is 2. The summed E-state index contributed by atoms with van der Waals surface area (Å²) in [5.74, 6) is 5.75. The highest BCUT2D eigenvalue weighted by Crippen LogP contribution is 2.52. The van der Waals surface area contributed by atoms with Crippen LogP contribution in [0.25, 0.3) is 0 Å². The molecule has 1 aliphatic heterocycles. The minimum atomic E-state index is -1.64. The maximum absolute atomic E-state index is 13.3. The topological polar surface area (TPSA) is 91.8 Å². The lowest BCUT2D eigenvalue weighted by Crippen LogP contribution is -2.50. The molecule has 0 radical (unpaired) electrons. The van der Waals surface area contributed by atoms with E-state index in [4.69, 9.17) is 24.2 Å². The maximum atomic E-state index is 13.3. The van der Waals surface area contributed by atoms with Gasteiger partial charge in [0.1, 0.15) is 25.0 Å². The number of ether oxygens (including phenoxy) is 3. The van der Waals surface area contributed by atoms with Gasteiger partial charge in [-0.2, -0.15) is 4.98 Å². The zero-order valence-corrected chi connectivity index (χ0v) is 29.6. The Kier molecular flexibility index (Phi) is 9.75. The molecule has 1 N–H and O–H groups in total. The predicted molar refractivity (Wildman–Crippen MR) is 184 cm³/mol. The Bertz CT molecular complexity index is 1570. The molecule has 1 unspecified atom stereocenters. The summed E-state index contributed by atoms with van der Waals surface area (Å²) in [5, 5.41) is 0. The van der Waals surface area contributed by atoms with Gasteiger partial charge in [0, 0.05) is 29.9 Å². The second kappa shape index (κ2) is 13.2. The van der Waals surface area contributed by atoms with Crippen LogP contribution in [0.4, 0.5) is 5.95 Å². The number of hydrogen-bond donors (Lipinski definition) is 1. The number of nitrogens with zero attached hydrogens (tertiary/aromatic N) is 3. The van der Waals surface area contributed by atoms with E-state index < -0.39 is 19.4 Å². The molecule has 45 heavy (non-hydrogen) atoms. The van der Waals surface area contributed by atoms with Crippen molar-refractivity contribution in [3.8, 4) is 28.8 Å². The van der Waals surface area contributed by atoms with Crippen LogP contribution < -0.4 is 23.8 Å². The highest BCUT2D eigenvalue weighted by Gasteiger charge is 2.50. The van der Waals surface area contributed by atoms with Crippen molar-refractivity contribution >= 4 is 25.4 Å². The Hall–Kier alpha value is -3.23. The van der Waals surface area contributed by atoms with Gasteiger partial charge in [-0.15, -0.1) is 10.3 Å². The quantitative estimate of drug-likeness (QED) is 0.175. The fraction of sp³-hybridized carbons (Fsp3) is 0.486. The zero-order valence-electron chi connectivity index (χ0n) is 27.8. The molecule has 5 rings (SSSR count). The van der Waals surface area contributed by atoms with Gasteiger partial charge in [-0.3, -0.25) is 0 Å². The molecule has 1 saturated heterocycles. The van der Waals surface area contributed by atoms with E-state index in [-0.39, 0.29) is 16.2 Å². The fourth-order valence-electron chi connectivity index (χ4n) is 5.96. The molecular weight excluding hydrogens is 601 g/mol. The highest BCUT2D eigenvalue weighted by molar-refractivity contribution is 7.90. The first-order valence-electron chi connectivity index (χ1n) is 15.6. The van der Waals surface area contributed by atoms with Gasteiger partial charge in [0.25, 0.3) is 0 Å². The van der Waals surface area contributed by atoms with E-state index in [1.807, 2.05) is 39.0 Å². The van der Waals surface area contributed by atoms with Crippen LogP contribution in [0.1, 0.15) is 61.9 Å². The van der Waals surface area contributed by atoms with Crippen LogP contribution in [0.3, 0.4) is 0 Å². The molecule has 0 bridgehead atoms. The van der Waals surface area contributed by atoms with Crippen molar-refractivity contribution in [2.45, 2.75) is 77.1 Å². The third-order valence-electron chi connectivity index (χ3n) is 8.48. The van der Waals surface area contributed by atoms with E-state index in [2.05, 4.69) is 65.0 Å². The molecule has 10 heteroatoms. The number of benzene rings is 2. The van der Waals surface area contributed by atoms with Gasteiger partial charge in [0.05, 0.1) is 26.5 Å². The summed E-state index contributed by atoms with van der Waals surface area (Å²) in [7, 11) is 1.61. The molecule has 2 aromatic carbocycles. The van der Waals surface area contributed by atoms with Crippen LogP contribution in [0, 0.1) is 16.9 Å². The predicted octanol–water partition coefficient (Wildman–Crippen LogP) is 6.24. The summed E-state index contributed by atoms with van der Waals surface area (Å²) < 4.78 is 33.7. The lowest BCUT2D eigenvalue weighted by molar-refractivity contribution is 0.175. The van der Waals surface area contributed by atoms with Crippen molar-refractivity contribution in [2.24, 2.45) is 5.41 Å². The Morgan fingerprint density at radius 1 is 1.07 bits per heavy atom. The van der Waals surface area contributed by atoms with Crippen LogP contribution in [-0.4, -0.2) is 54.7 Å². The molecule has 2 aliphatic rings. The van der Waals surface area contributed by atoms with Gasteiger partial charge in [-0.25, -0.2) is 4.98 Å². The smallest absolute Gasteiger partial charge is 0.234 e. The van der Waals surface area contributed by atoms with E-state index in [1.165, 1.54) is 11.1 Å². The summed E-state index contributed by atoms with van der Waals surface area (Å²) in [6.07, 6.45) is 4.64. The summed E-state index contributed by atoms with van der Waals surface area (Å²) in [6, 6.07) is 14.4. The van der Waals surface area contributed by atoms with Crippen LogP contribution in [0.2, 0.25) is 19.6 Å². The molecule has 2 heterocycles. The van der Waals surface area contributed by atoms with Crippen LogP contribution in [0.5, 0.6) is 17.4 Å². The number of fused-ring (bicyclic) bond motifs is 1. The normalized spacial score (nSPS) is 18.2. The summed E-state index contributed by atoms with van der Waals surface area (Å²) in [5.41, 5.74) is 7.66. The Morgan fingerprint density at radius 3 is 2.44 bits per heavy atom. The van der Waals surface area contributed by atoms with E-state index in [0.29, 0.717) is 35.5 Å². The number of nitrogens with one attached hydrogen (secondary N) is 1. The van der Waals surface area contributed by atoms with Gasteiger partial charge in [-0.05, 0) is 68.9 Å². The molecule has 1 aromatic heterocycles. The minimum Gasteiger partial charge on any atom is -0.598 e. The van der Waals surface area contributed by atoms with Crippen LogP contribution in [-0.2, 0) is 24.4 Å². The second-order valence-corrected chi connectivity index (χ2v) is 20.8. The Balaban J connectivity index is 1.37. The van der Waals surface area contributed by atoms with Crippen molar-refractivity contribution in [1.82, 2.24) is 14.7 Å². The maximum Gasteiger partial charge on any atom is 0.234 e. The van der Waals surface area contributed by atoms with Crippen LogP contribution in [0.15, 0.2) is 48.7 Å². The third-order valence-corrected chi connectivity index (χ3v) is 10.9. The molecule has 0 amide bonds. The highest BCUT2D eigenvalue weighted by atomic mass is 32.2. The van der Waals surface area contributed by atoms with Crippen molar-refractivity contribution < 1.29 is 18.8 Å². The van der Waals surface area contributed by atoms with Crippen molar-refractivity contribution in [3.05, 3.63) is 70.9 Å². The largest absolute Gasteiger partial charge is 0.598 e. The van der Waals surface area contributed by atoms with Gasteiger partial charge in [-0.1, -0.05) is 55.9 Å². The van der Waals surface area contributed by atoms with Crippen LogP contribution >= 0.6 is 0 Å². The molecule has 2 atom stereocenters. The molecule has 1 spiro atoms. The summed E-state index contributed by atoms with van der Waals surface area (Å²) in [4.78, 5) is 11.9. The molecule has 1 fully saturated rings. The summed E-state index contributed by atoms with van der Waals surface area (Å²) in [6.45, 7) is 14.6. The Labute approximate surface area is 272 Å². The van der Waals surface area contributed by atoms with E-state index in [1.54, 1.807) is 20.4 Å². The van der Waals surface area contributed by atoms with Crippen molar-refractivity contribution in [1.29, 1.82) is 0 Å². The molecule has 8 nitrogen and oxygen atoms in total. The number of anilines is 1. The summed E-state index contributed by atoms with van der Waals surface area (Å²) >= 11 is -1.17. The molecule has 0 saturated carbocycles. The molecule has 240 valence electrons. The SMILES string of the molecule is COc1ccc(COc2nc(N3CCC4(CC3)Cc3ccccc3[C@H]4N[S+]([O-])C(C)(C)C)ncc2C#C[Si](C)(C)C)cc1OC.